The number of nitrogens with one attached hydrogen (secondary N) is 1. The van der Waals surface area contributed by atoms with Crippen molar-refractivity contribution in [2.75, 3.05) is 26.2 Å². The molecule has 1 aromatic heterocycles. The van der Waals surface area contributed by atoms with Crippen LogP contribution in [0.5, 0.6) is 0 Å². The van der Waals surface area contributed by atoms with Crippen molar-refractivity contribution < 1.29 is 23.9 Å². The standard InChI is InChI=1S/C25H33N5O6/c1-25(2,3)36-24(34)29-13-17(14-29)35-16-11-28(12-16)10-15-5-6-18-20(9-15)27(4)23(33)30(18)19-7-8-21(31)26-22(19)32/h5-6,9,16-17,19H,7-8,10-14H2,1-4H3,(H,26,31,32). The highest BCUT2D eigenvalue weighted by Crippen LogP contribution is 2.26. The lowest BCUT2D eigenvalue weighted by Gasteiger charge is -2.45. The van der Waals surface area contributed by atoms with Gasteiger partial charge in [0.2, 0.25) is 11.8 Å². The van der Waals surface area contributed by atoms with Gasteiger partial charge in [-0.3, -0.25) is 28.9 Å². The van der Waals surface area contributed by atoms with Gasteiger partial charge in [0.05, 0.1) is 36.3 Å². The molecule has 3 amide bonds. The summed E-state index contributed by atoms with van der Waals surface area (Å²) in [6, 6.07) is 5.15. The van der Waals surface area contributed by atoms with Crippen LogP contribution in [-0.2, 0) is 32.7 Å². The Hall–Kier alpha value is -3.18. The lowest BCUT2D eigenvalue weighted by molar-refractivity contribution is -0.137. The molecule has 0 spiro atoms. The van der Waals surface area contributed by atoms with Crippen LogP contribution in [0.15, 0.2) is 23.0 Å². The third kappa shape index (κ3) is 4.77. The number of amides is 3. The Morgan fingerprint density at radius 2 is 1.75 bits per heavy atom. The van der Waals surface area contributed by atoms with Crippen molar-refractivity contribution in [3.63, 3.8) is 0 Å². The normalized spacial score (nSPS) is 21.9. The molecule has 1 atom stereocenters. The van der Waals surface area contributed by atoms with Crippen LogP contribution in [0.25, 0.3) is 11.0 Å². The minimum Gasteiger partial charge on any atom is -0.444 e. The van der Waals surface area contributed by atoms with Crippen LogP contribution >= 0.6 is 0 Å². The smallest absolute Gasteiger partial charge is 0.410 e. The zero-order valence-corrected chi connectivity index (χ0v) is 21.2. The maximum absolute atomic E-state index is 12.9. The maximum Gasteiger partial charge on any atom is 0.410 e. The summed E-state index contributed by atoms with van der Waals surface area (Å²) in [5.41, 5.74) is 1.74. The lowest BCUT2D eigenvalue weighted by atomic mass is 10.1. The van der Waals surface area contributed by atoms with Crippen LogP contribution in [0.3, 0.4) is 0 Å². The average Bonchev–Trinajstić information content (AvgIpc) is 2.97. The van der Waals surface area contributed by atoms with Gasteiger partial charge in [-0.2, -0.15) is 0 Å². The molecule has 194 valence electrons. The minimum atomic E-state index is -0.684. The monoisotopic (exact) mass is 499 g/mol. The molecular formula is C25H33N5O6. The highest BCUT2D eigenvalue weighted by atomic mass is 16.6. The number of likely N-dealkylation sites (tertiary alicyclic amines) is 2. The number of aryl methyl sites for hydroxylation is 1. The Kier molecular flexibility index (Phi) is 6.16. The number of hydrogen-bond donors (Lipinski definition) is 1. The summed E-state index contributed by atoms with van der Waals surface area (Å²) in [6.45, 7) is 9.00. The van der Waals surface area contributed by atoms with Crippen molar-refractivity contribution in [2.45, 2.75) is 64.0 Å². The zero-order valence-electron chi connectivity index (χ0n) is 21.2. The molecule has 3 saturated heterocycles. The van der Waals surface area contributed by atoms with E-state index in [9.17, 15) is 19.2 Å². The Labute approximate surface area is 208 Å². The Bertz CT molecular complexity index is 1260. The second kappa shape index (κ2) is 9.04. The van der Waals surface area contributed by atoms with E-state index in [1.165, 1.54) is 4.57 Å². The maximum atomic E-state index is 12.9. The SMILES string of the molecule is Cn1c(=O)n(C2CCC(=O)NC2=O)c2ccc(CN3CC(OC4CN(C(=O)OC(C)(C)C)C4)C3)cc21. The summed E-state index contributed by atoms with van der Waals surface area (Å²) < 4.78 is 14.5. The van der Waals surface area contributed by atoms with Crippen LogP contribution in [0.4, 0.5) is 4.79 Å². The van der Waals surface area contributed by atoms with Gasteiger partial charge in [-0.25, -0.2) is 9.59 Å². The van der Waals surface area contributed by atoms with Gasteiger partial charge in [0.25, 0.3) is 0 Å². The third-order valence-corrected chi connectivity index (χ3v) is 6.89. The molecule has 0 aliphatic carbocycles. The molecule has 11 nitrogen and oxygen atoms in total. The van der Waals surface area contributed by atoms with E-state index >= 15 is 0 Å². The molecular weight excluding hydrogens is 466 g/mol. The van der Waals surface area contributed by atoms with Crippen LogP contribution in [0.1, 0.15) is 45.2 Å². The van der Waals surface area contributed by atoms with Crippen molar-refractivity contribution >= 4 is 28.9 Å². The van der Waals surface area contributed by atoms with E-state index in [1.54, 1.807) is 16.5 Å². The second-order valence-corrected chi connectivity index (χ2v) is 11.0. The number of imidazole rings is 1. The van der Waals surface area contributed by atoms with Gasteiger partial charge >= 0.3 is 11.8 Å². The number of aromatic nitrogens is 2. The predicted octanol–water partition coefficient (Wildman–Crippen LogP) is 1.14. The average molecular weight is 500 g/mol. The van der Waals surface area contributed by atoms with E-state index in [4.69, 9.17) is 9.47 Å². The molecule has 5 rings (SSSR count). The number of ether oxygens (including phenoxy) is 2. The number of benzene rings is 1. The second-order valence-electron chi connectivity index (χ2n) is 11.0. The van der Waals surface area contributed by atoms with Crippen molar-refractivity contribution in [1.29, 1.82) is 0 Å². The summed E-state index contributed by atoms with van der Waals surface area (Å²) in [6.07, 6.45) is 0.417. The molecule has 0 bridgehead atoms. The summed E-state index contributed by atoms with van der Waals surface area (Å²) in [5.74, 6) is -0.737. The molecule has 1 unspecified atom stereocenters. The highest BCUT2D eigenvalue weighted by molar-refractivity contribution is 6.00. The first-order chi connectivity index (χ1) is 17.0. The topological polar surface area (TPSA) is 115 Å². The Morgan fingerprint density at radius 3 is 2.42 bits per heavy atom. The van der Waals surface area contributed by atoms with E-state index in [2.05, 4.69) is 10.2 Å². The summed E-state index contributed by atoms with van der Waals surface area (Å²) >= 11 is 0. The van der Waals surface area contributed by atoms with E-state index in [0.717, 1.165) is 30.7 Å². The predicted molar refractivity (Wildman–Crippen MR) is 130 cm³/mol. The third-order valence-electron chi connectivity index (χ3n) is 6.89. The van der Waals surface area contributed by atoms with Crippen molar-refractivity contribution in [1.82, 2.24) is 24.3 Å². The van der Waals surface area contributed by atoms with Gasteiger partial charge in [-0.15, -0.1) is 0 Å². The molecule has 3 aliphatic heterocycles. The van der Waals surface area contributed by atoms with Crippen LogP contribution in [-0.4, -0.2) is 80.8 Å². The summed E-state index contributed by atoms with van der Waals surface area (Å²) in [4.78, 5) is 52.8. The highest BCUT2D eigenvalue weighted by Gasteiger charge is 2.38. The summed E-state index contributed by atoms with van der Waals surface area (Å²) in [7, 11) is 1.70. The van der Waals surface area contributed by atoms with Gasteiger partial charge in [0.15, 0.2) is 0 Å². The van der Waals surface area contributed by atoms with Crippen LogP contribution < -0.4 is 11.0 Å². The van der Waals surface area contributed by atoms with Gasteiger partial charge in [0.1, 0.15) is 11.6 Å². The number of imide groups is 1. The largest absolute Gasteiger partial charge is 0.444 e. The number of carbonyl (C=O) groups excluding carboxylic acids is 3. The van der Waals surface area contributed by atoms with Crippen molar-refractivity contribution in [2.24, 2.45) is 7.05 Å². The first-order valence-corrected chi connectivity index (χ1v) is 12.4. The molecule has 11 heteroatoms. The molecule has 3 aliphatic rings. The number of piperidine rings is 1. The number of carbonyl (C=O) groups is 3. The number of fused-ring (bicyclic) bond motifs is 1. The molecule has 3 fully saturated rings. The molecule has 0 saturated carbocycles. The van der Waals surface area contributed by atoms with Crippen molar-refractivity contribution in [3.8, 4) is 0 Å². The van der Waals surface area contributed by atoms with Gasteiger partial charge < -0.3 is 14.4 Å². The fourth-order valence-corrected chi connectivity index (χ4v) is 5.00. The molecule has 2 aromatic rings. The number of hydrogen-bond acceptors (Lipinski definition) is 7. The van der Waals surface area contributed by atoms with E-state index < -0.39 is 17.6 Å². The zero-order chi connectivity index (χ0) is 25.8. The first kappa shape index (κ1) is 24.5. The quantitative estimate of drug-likeness (QED) is 0.614. The van der Waals surface area contributed by atoms with Gasteiger partial charge in [-0.05, 0) is 44.9 Å². The van der Waals surface area contributed by atoms with Crippen LogP contribution in [0, 0.1) is 0 Å². The summed E-state index contributed by atoms with van der Waals surface area (Å²) in [5, 5.41) is 2.33. The molecule has 36 heavy (non-hydrogen) atoms. The molecule has 1 aromatic carbocycles. The van der Waals surface area contributed by atoms with Gasteiger partial charge in [0, 0.05) is 33.1 Å². The van der Waals surface area contributed by atoms with Crippen molar-refractivity contribution in [3.05, 3.63) is 34.2 Å². The van der Waals surface area contributed by atoms with Gasteiger partial charge in [-0.1, -0.05) is 6.07 Å². The lowest BCUT2D eigenvalue weighted by Crippen LogP contribution is -2.60. The first-order valence-electron chi connectivity index (χ1n) is 12.4. The fraction of sp³-hybridized carbons (Fsp3) is 0.600. The number of rotatable bonds is 5. The van der Waals surface area contributed by atoms with E-state index in [-0.39, 0.29) is 36.3 Å². The van der Waals surface area contributed by atoms with E-state index in [0.29, 0.717) is 25.0 Å². The van der Waals surface area contributed by atoms with E-state index in [1.807, 2.05) is 39.0 Å². The fourth-order valence-electron chi connectivity index (χ4n) is 5.00. The molecule has 4 heterocycles. The Morgan fingerprint density at radius 1 is 1.06 bits per heavy atom. The number of nitrogens with zero attached hydrogens (tertiary/aromatic N) is 4. The Balaban J connectivity index is 1.15. The minimum absolute atomic E-state index is 0.0441. The van der Waals surface area contributed by atoms with Crippen LogP contribution in [0.2, 0.25) is 0 Å². The molecule has 0 radical (unpaired) electrons. The molecule has 1 N–H and O–H groups in total.